The molecule has 0 radical (unpaired) electrons. The zero-order chi connectivity index (χ0) is 21.0. The van der Waals surface area contributed by atoms with Gasteiger partial charge >= 0.3 is 0 Å². The van der Waals surface area contributed by atoms with Crippen LogP contribution in [0.2, 0.25) is 0 Å². The van der Waals surface area contributed by atoms with Crippen molar-refractivity contribution in [1.82, 2.24) is 4.90 Å². The number of carbonyl (C=O) groups is 3. The summed E-state index contributed by atoms with van der Waals surface area (Å²) in [6.07, 6.45) is 0.162. The van der Waals surface area contributed by atoms with Gasteiger partial charge in [0.15, 0.2) is 0 Å². The van der Waals surface area contributed by atoms with Crippen molar-refractivity contribution in [3.63, 3.8) is 0 Å². The Morgan fingerprint density at radius 3 is 2.55 bits per heavy atom. The van der Waals surface area contributed by atoms with E-state index in [9.17, 15) is 14.4 Å². The molecule has 29 heavy (non-hydrogen) atoms. The molecule has 0 bridgehead atoms. The highest BCUT2D eigenvalue weighted by Gasteiger charge is 2.36. The lowest BCUT2D eigenvalue weighted by Gasteiger charge is -2.21. The SMILES string of the molecule is CC(C)c1cccc(N2CC(C(=O)N(C)CC(=O)Nc3ccccc3)CC2=O)c1. The van der Waals surface area contributed by atoms with Crippen LogP contribution >= 0.6 is 0 Å². The smallest absolute Gasteiger partial charge is 0.243 e. The summed E-state index contributed by atoms with van der Waals surface area (Å²) in [7, 11) is 1.60. The maximum absolute atomic E-state index is 12.8. The molecule has 1 unspecified atom stereocenters. The highest BCUT2D eigenvalue weighted by Crippen LogP contribution is 2.28. The second kappa shape index (κ2) is 8.90. The van der Waals surface area contributed by atoms with Crippen molar-refractivity contribution in [2.75, 3.05) is 30.4 Å². The topological polar surface area (TPSA) is 69.7 Å². The van der Waals surface area contributed by atoms with Crippen molar-refractivity contribution < 1.29 is 14.4 Å². The van der Waals surface area contributed by atoms with Crippen LogP contribution in [-0.2, 0) is 14.4 Å². The van der Waals surface area contributed by atoms with Gasteiger partial charge in [-0.1, -0.05) is 44.2 Å². The molecule has 1 atom stereocenters. The van der Waals surface area contributed by atoms with Gasteiger partial charge in [-0.05, 0) is 35.7 Å². The average molecular weight is 393 g/mol. The van der Waals surface area contributed by atoms with E-state index in [4.69, 9.17) is 0 Å². The van der Waals surface area contributed by atoms with Crippen molar-refractivity contribution >= 4 is 29.1 Å². The van der Waals surface area contributed by atoms with Gasteiger partial charge in [0.05, 0.1) is 12.5 Å². The molecule has 1 N–H and O–H groups in total. The van der Waals surface area contributed by atoms with Crippen LogP contribution in [0.15, 0.2) is 54.6 Å². The molecule has 6 heteroatoms. The quantitative estimate of drug-likeness (QED) is 0.819. The molecule has 152 valence electrons. The number of nitrogens with zero attached hydrogens (tertiary/aromatic N) is 2. The van der Waals surface area contributed by atoms with Gasteiger partial charge in [-0.15, -0.1) is 0 Å². The van der Waals surface area contributed by atoms with Crippen LogP contribution in [0.3, 0.4) is 0 Å². The summed E-state index contributed by atoms with van der Waals surface area (Å²) in [5.41, 5.74) is 2.66. The first-order valence-corrected chi connectivity index (χ1v) is 9.85. The van der Waals surface area contributed by atoms with E-state index in [1.807, 2.05) is 42.5 Å². The Morgan fingerprint density at radius 1 is 1.14 bits per heavy atom. The Morgan fingerprint density at radius 2 is 1.86 bits per heavy atom. The number of likely N-dealkylation sites (N-methyl/N-ethyl adjacent to an activating group) is 1. The van der Waals surface area contributed by atoms with Crippen LogP contribution in [-0.4, -0.2) is 42.8 Å². The van der Waals surface area contributed by atoms with Gasteiger partial charge in [0, 0.05) is 31.4 Å². The normalized spacial score (nSPS) is 16.2. The van der Waals surface area contributed by atoms with E-state index in [0.717, 1.165) is 11.3 Å². The van der Waals surface area contributed by atoms with Gasteiger partial charge in [0.25, 0.3) is 0 Å². The molecule has 0 aromatic heterocycles. The first kappa shape index (κ1) is 20.6. The largest absolute Gasteiger partial charge is 0.336 e. The van der Waals surface area contributed by atoms with Crippen LogP contribution < -0.4 is 10.2 Å². The van der Waals surface area contributed by atoms with E-state index in [0.29, 0.717) is 18.2 Å². The van der Waals surface area contributed by atoms with Crippen molar-refractivity contribution in [2.24, 2.45) is 5.92 Å². The molecule has 6 nitrogen and oxygen atoms in total. The van der Waals surface area contributed by atoms with E-state index in [-0.39, 0.29) is 30.7 Å². The third kappa shape index (κ3) is 5.02. The number of benzene rings is 2. The highest BCUT2D eigenvalue weighted by molar-refractivity contribution is 6.01. The molecule has 0 aliphatic carbocycles. The fourth-order valence-electron chi connectivity index (χ4n) is 3.50. The van der Waals surface area contributed by atoms with Crippen LogP contribution in [0.5, 0.6) is 0 Å². The highest BCUT2D eigenvalue weighted by atomic mass is 16.2. The predicted octanol–water partition coefficient (Wildman–Crippen LogP) is 3.26. The molecule has 2 aromatic carbocycles. The molecule has 1 saturated heterocycles. The van der Waals surface area contributed by atoms with Crippen LogP contribution in [0.4, 0.5) is 11.4 Å². The molecule has 0 saturated carbocycles. The summed E-state index contributed by atoms with van der Waals surface area (Å²) in [6.45, 7) is 4.49. The third-order valence-corrected chi connectivity index (χ3v) is 5.14. The van der Waals surface area contributed by atoms with E-state index in [2.05, 4.69) is 19.2 Å². The Kier molecular flexibility index (Phi) is 6.32. The summed E-state index contributed by atoms with van der Waals surface area (Å²) >= 11 is 0. The van der Waals surface area contributed by atoms with Gasteiger partial charge in [-0.3, -0.25) is 14.4 Å². The van der Waals surface area contributed by atoms with Gasteiger partial charge in [-0.2, -0.15) is 0 Å². The third-order valence-electron chi connectivity index (χ3n) is 5.14. The Bertz CT molecular complexity index is 895. The molecule has 1 fully saturated rings. The average Bonchev–Trinajstić information content (AvgIpc) is 3.09. The number of rotatable bonds is 6. The zero-order valence-corrected chi connectivity index (χ0v) is 17.1. The molecule has 3 amide bonds. The summed E-state index contributed by atoms with van der Waals surface area (Å²) in [6, 6.07) is 17.0. The summed E-state index contributed by atoms with van der Waals surface area (Å²) in [4.78, 5) is 40.6. The van der Waals surface area contributed by atoms with Crippen LogP contribution in [0.1, 0.15) is 31.7 Å². The molecule has 1 aliphatic heterocycles. The van der Waals surface area contributed by atoms with Crippen molar-refractivity contribution in [3.8, 4) is 0 Å². The minimum Gasteiger partial charge on any atom is -0.336 e. The van der Waals surface area contributed by atoms with Crippen molar-refractivity contribution in [3.05, 3.63) is 60.2 Å². The van der Waals surface area contributed by atoms with E-state index < -0.39 is 5.92 Å². The van der Waals surface area contributed by atoms with E-state index in [1.165, 1.54) is 4.90 Å². The second-order valence-electron chi connectivity index (χ2n) is 7.76. The van der Waals surface area contributed by atoms with E-state index in [1.54, 1.807) is 24.1 Å². The first-order valence-electron chi connectivity index (χ1n) is 9.85. The van der Waals surface area contributed by atoms with Crippen LogP contribution in [0.25, 0.3) is 0 Å². The fourth-order valence-corrected chi connectivity index (χ4v) is 3.50. The number of hydrogen-bond donors (Lipinski definition) is 1. The molecule has 1 aliphatic rings. The summed E-state index contributed by atoms with van der Waals surface area (Å²) in [5.74, 6) is -0.604. The zero-order valence-electron chi connectivity index (χ0n) is 17.1. The van der Waals surface area contributed by atoms with Crippen molar-refractivity contribution in [1.29, 1.82) is 0 Å². The number of amides is 3. The number of hydrogen-bond acceptors (Lipinski definition) is 3. The maximum Gasteiger partial charge on any atom is 0.243 e. The van der Waals surface area contributed by atoms with Crippen molar-refractivity contribution in [2.45, 2.75) is 26.2 Å². The summed E-state index contributed by atoms with van der Waals surface area (Å²) < 4.78 is 0. The van der Waals surface area contributed by atoms with Crippen LogP contribution in [0, 0.1) is 5.92 Å². The lowest BCUT2D eigenvalue weighted by Crippen LogP contribution is -2.39. The fraction of sp³-hybridized carbons (Fsp3) is 0.348. The Hall–Kier alpha value is -3.15. The first-order chi connectivity index (χ1) is 13.8. The number of nitrogens with one attached hydrogen (secondary N) is 1. The minimum absolute atomic E-state index is 0.0543. The van der Waals surface area contributed by atoms with Gasteiger partial charge in [-0.25, -0.2) is 0 Å². The second-order valence-corrected chi connectivity index (χ2v) is 7.76. The molecular formula is C23H27N3O3. The number of para-hydroxylation sites is 1. The van der Waals surface area contributed by atoms with E-state index >= 15 is 0 Å². The number of anilines is 2. The Labute approximate surface area is 171 Å². The maximum atomic E-state index is 12.8. The molecule has 1 heterocycles. The summed E-state index contributed by atoms with van der Waals surface area (Å²) in [5, 5.41) is 2.77. The van der Waals surface area contributed by atoms with Gasteiger partial charge in [0.2, 0.25) is 17.7 Å². The molecular weight excluding hydrogens is 366 g/mol. The minimum atomic E-state index is -0.445. The van der Waals surface area contributed by atoms with Gasteiger partial charge in [0.1, 0.15) is 0 Å². The lowest BCUT2D eigenvalue weighted by atomic mass is 10.0. The number of carbonyl (C=O) groups excluding carboxylic acids is 3. The lowest BCUT2D eigenvalue weighted by molar-refractivity contribution is -0.137. The van der Waals surface area contributed by atoms with Gasteiger partial charge < -0.3 is 15.1 Å². The monoisotopic (exact) mass is 393 g/mol. The standard InChI is InChI=1S/C23H27N3O3/c1-16(2)17-8-7-11-20(12-17)26-14-18(13-22(26)28)23(29)25(3)15-21(27)24-19-9-5-4-6-10-19/h4-12,16,18H,13-15H2,1-3H3,(H,24,27). The molecule has 0 spiro atoms. The Balaban J connectivity index is 1.61. The predicted molar refractivity (Wildman–Crippen MR) is 114 cm³/mol. The molecule has 2 aromatic rings. The molecule has 3 rings (SSSR count).